The van der Waals surface area contributed by atoms with Crippen molar-refractivity contribution in [2.24, 2.45) is 5.92 Å². The van der Waals surface area contributed by atoms with Crippen LogP contribution in [0.5, 0.6) is 0 Å². The second-order valence-corrected chi connectivity index (χ2v) is 4.89. The Morgan fingerprint density at radius 3 is 1.90 bits per heavy atom. The lowest BCUT2D eigenvalue weighted by Gasteiger charge is -2.00. The number of rotatable bonds is 1. The molecule has 0 aromatic heterocycles. The fourth-order valence-electron chi connectivity index (χ4n) is 1.14. The standard InChI is InChI=1S/C6H8Br2O2/c7-4-1-3(6(9)10)2-5(4)8/h3-5H,1-2H2,(H,9,10)/t3?,4-,5+. The highest BCUT2D eigenvalue weighted by Gasteiger charge is 2.34. The van der Waals surface area contributed by atoms with E-state index in [1.165, 1.54) is 0 Å². The van der Waals surface area contributed by atoms with Crippen LogP contribution in [0.3, 0.4) is 0 Å². The van der Waals surface area contributed by atoms with Crippen molar-refractivity contribution < 1.29 is 9.90 Å². The summed E-state index contributed by atoms with van der Waals surface area (Å²) in [5.74, 6) is -0.833. The van der Waals surface area contributed by atoms with Gasteiger partial charge in [0.05, 0.1) is 5.92 Å². The highest BCUT2D eigenvalue weighted by atomic mass is 79.9. The van der Waals surface area contributed by atoms with Crippen molar-refractivity contribution in [3.63, 3.8) is 0 Å². The first-order chi connectivity index (χ1) is 4.61. The van der Waals surface area contributed by atoms with Crippen LogP contribution in [0.1, 0.15) is 12.8 Å². The van der Waals surface area contributed by atoms with Crippen LogP contribution in [0.4, 0.5) is 0 Å². The van der Waals surface area contributed by atoms with E-state index < -0.39 is 5.97 Å². The van der Waals surface area contributed by atoms with Crippen molar-refractivity contribution in [3.05, 3.63) is 0 Å². The van der Waals surface area contributed by atoms with E-state index in [9.17, 15) is 4.79 Å². The predicted molar refractivity (Wildman–Crippen MR) is 45.8 cm³/mol. The fourth-order valence-corrected chi connectivity index (χ4v) is 2.47. The molecule has 1 saturated carbocycles. The van der Waals surface area contributed by atoms with Crippen LogP contribution in [0.25, 0.3) is 0 Å². The zero-order valence-corrected chi connectivity index (χ0v) is 8.43. The maximum Gasteiger partial charge on any atom is 0.306 e. The van der Waals surface area contributed by atoms with E-state index in [1.807, 2.05) is 0 Å². The smallest absolute Gasteiger partial charge is 0.306 e. The molecule has 0 aliphatic heterocycles. The normalized spacial score (nSPS) is 40.0. The van der Waals surface area contributed by atoms with Gasteiger partial charge in [-0.3, -0.25) is 4.79 Å². The minimum Gasteiger partial charge on any atom is -0.481 e. The first-order valence-corrected chi connectivity index (χ1v) is 4.95. The van der Waals surface area contributed by atoms with E-state index in [4.69, 9.17) is 5.11 Å². The molecule has 10 heavy (non-hydrogen) atoms. The third-order valence-electron chi connectivity index (χ3n) is 1.76. The molecule has 1 N–H and O–H groups in total. The Balaban J connectivity index is 2.49. The summed E-state index contributed by atoms with van der Waals surface area (Å²) in [5, 5.41) is 8.61. The van der Waals surface area contributed by atoms with Crippen LogP contribution < -0.4 is 0 Å². The third kappa shape index (κ3) is 1.72. The molecule has 1 rings (SSSR count). The molecule has 0 aromatic rings. The number of hydrogen-bond acceptors (Lipinski definition) is 1. The highest BCUT2D eigenvalue weighted by Crippen LogP contribution is 2.35. The molecule has 58 valence electrons. The van der Waals surface area contributed by atoms with E-state index in [0.717, 1.165) is 12.8 Å². The molecule has 1 fully saturated rings. The van der Waals surface area contributed by atoms with Gasteiger partial charge in [0.1, 0.15) is 0 Å². The van der Waals surface area contributed by atoms with Crippen LogP contribution in [0, 0.1) is 5.92 Å². The molecule has 0 radical (unpaired) electrons. The number of halogens is 2. The highest BCUT2D eigenvalue weighted by molar-refractivity contribution is 9.12. The molecule has 3 atom stereocenters. The third-order valence-corrected chi connectivity index (χ3v) is 4.49. The summed E-state index contributed by atoms with van der Waals surface area (Å²) >= 11 is 6.80. The number of carboxylic acids is 1. The molecule has 1 unspecified atom stereocenters. The zero-order chi connectivity index (χ0) is 7.72. The van der Waals surface area contributed by atoms with E-state index in [1.54, 1.807) is 0 Å². The lowest BCUT2D eigenvalue weighted by molar-refractivity contribution is -0.141. The molecule has 1 aliphatic rings. The molecule has 0 spiro atoms. The average Bonchev–Trinajstić information content (AvgIpc) is 2.13. The summed E-state index contributed by atoms with van der Waals surface area (Å²) in [6.07, 6.45) is 1.48. The van der Waals surface area contributed by atoms with Crippen LogP contribution >= 0.6 is 31.9 Å². The molecule has 0 aromatic carbocycles. The van der Waals surface area contributed by atoms with Gasteiger partial charge >= 0.3 is 5.97 Å². The Morgan fingerprint density at radius 1 is 1.30 bits per heavy atom. The minimum absolute atomic E-state index is 0.159. The van der Waals surface area contributed by atoms with Gasteiger partial charge < -0.3 is 5.11 Å². The molecule has 0 amide bonds. The van der Waals surface area contributed by atoms with Crippen LogP contribution in [-0.2, 0) is 4.79 Å². The largest absolute Gasteiger partial charge is 0.481 e. The molecule has 1 aliphatic carbocycles. The van der Waals surface area contributed by atoms with Gasteiger partial charge in [-0.2, -0.15) is 0 Å². The number of carbonyl (C=O) groups is 1. The predicted octanol–water partition coefficient (Wildman–Crippen LogP) is 2.01. The van der Waals surface area contributed by atoms with E-state index >= 15 is 0 Å². The molecular weight excluding hydrogens is 264 g/mol. The van der Waals surface area contributed by atoms with Crippen LogP contribution in [0.15, 0.2) is 0 Å². The van der Waals surface area contributed by atoms with Gasteiger partial charge in [-0.25, -0.2) is 0 Å². The van der Waals surface area contributed by atoms with Gasteiger partial charge in [0.15, 0.2) is 0 Å². The Bertz CT molecular complexity index is 139. The monoisotopic (exact) mass is 270 g/mol. The molecule has 0 bridgehead atoms. The summed E-state index contributed by atoms with van der Waals surface area (Å²) in [6, 6.07) is 0. The number of hydrogen-bond donors (Lipinski definition) is 1. The Labute approximate surface area is 76.2 Å². The number of alkyl halides is 2. The van der Waals surface area contributed by atoms with Crippen LogP contribution in [0.2, 0.25) is 0 Å². The van der Waals surface area contributed by atoms with Crippen LogP contribution in [-0.4, -0.2) is 20.7 Å². The Kier molecular flexibility index (Phi) is 2.74. The van der Waals surface area contributed by atoms with Gasteiger partial charge in [0.2, 0.25) is 0 Å². The molecular formula is C6H8Br2O2. The SMILES string of the molecule is O=C(O)C1C[C@@H](Br)[C@@H](Br)C1. The zero-order valence-electron chi connectivity index (χ0n) is 5.26. The molecule has 0 saturated heterocycles. The molecule has 4 heteroatoms. The van der Waals surface area contributed by atoms with Crippen molar-refractivity contribution >= 4 is 37.8 Å². The molecule has 2 nitrogen and oxygen atoms in total. The Morgan fingerprint density at radius 2 is 1.70 bits per heavy atom. The van der Waals surface area contributed by atoms with Gasteiger partial charge in [-0.15, -0.1) is 0 Å². The van der Waals surface area contributed by atoms with Gasteiger partial charge in [0, 0.05) is 9.65 Å². The average molecular weight is 272 g/mol. The second kappa shape index (κ2) is 3.22. The summed E-state index contributed by atoms with van der Waals surface area (Å²) in [5.41, 5.74) is 0. The Hall–Kier alpha value is 0.430. The van der Waals surface area contributed by atoms with Crippen molar-refractivity contribution in [1.29, 1.82) is 0 Å². The lowest BCUT2D eigenvalue weighted by atomic mass is 10.1. The summed E-state index contributed by atoms with van der Waals surface area (Å²) in [7, 11) is 0. The van der Waals surface area contributed by atoms with E-state index in [-0.39, 0.29) is 5.92 Å². The second-order valence-electron chi connectivity index (χ2n) is 2.54. The van der Waals surface area contributed by atoms with E-state index in [0.29, 0.717) is 9.65 Å². The lowest BCUT2D eigenvalue weighted by Crippen LogP contribution is -2.09. The minimum atomic E-state index is -0.675. The summed E-state index contributed by atoms with van der Waals surface area (Å²) in [6.45, 7) is 0. The van der Waals surface area contributed by atoms with Crippen molar-refractivity contribution in [2.45, 2.75) is 22.5 Å². The fraction of sp³-hybridized carbons (Fsp3) is 0.833. The van der Waals surface area contributed by atoms with Gasteiger partial charge in [-0.1, -0.05) is 31.9 Å². The van der Waals surface area contributed by atoms with Crippen molar-refractivity contribution in [1.82, 2.24) is 0 Å². The maximum atomic E-state index is 10.5. The quantitative estimate of drug-likeness (QED) is 0.741. The number of aliphatic carboxylic acids is 1. The first kappa shape index (κ1) is 8.53. The summed E-state index contributed by atoms with van der Waals surface area (Å²) < 4.78 is 0. The molecule has 0 heterocycles. The van der Waals surface area contributed by atoms with E-state index in [2.05, 4.69) is 31.9 Å². The number of carboxylic acid groups (broad SMARTS) is 1. The van der Waals surface area contributed by atoms with Crippen molar-refractivity contribution in [3.8, 4) is 0 Å². The summed E-state index contributed by atoms with van der Waals surface area (Å²) in [4.78, 5) is 11.1. The van der Waals surface area contributed by atoms with Gasteiger partial charge in [0.25, 0.3) is 0 Å². The maximum absolute atomic E-state index is 10.5. The first-order valence-electron chi connectivity index (χ1n) is 3.12. The topological polar surface area (TPSA) is 37.3 Å². The van der Waals surface area contributed by atoms with Crippen molar-refractivity contribution in [2.75, 3.05) is 0 Å². The van der Waals surface area contributed by atoms with Gasteiger partial charge in [-0.05, 0) is 12.8 Å².